The fourth-order valence-corrected chi connectivity index (χ4v) is 4.74. The monoisotopic (exact) mass is 527 g/mol. The van der Waals surface area contributed by atoms with E-state index in [4.69, 9.17) is 4.74 Å². The van der Waals surface area contributed by atoms with Crippen LogP contribution < -0.4 is 10.9 Å². The molecule has 0 aliphatic heterocycles. The molecule has 2 aromatic heterocycles. The van der Waals surface area contributed by atoms with Gasteiger partial charge in [0.15, 0.2) is 0 Å². The van der Waals surface area contributed by atoms with E-state index in [2.05, 4.69) is 10.3 Å². The van der Waals surface area contributed by atoms with Crippen molar-refractivity contribution in [3.63, 3.8) is 0 Å². The lowest BCUT2D eigenvalue weighted by Gasteiger charge is -2.19. The fourth-order valence-electron chi connectivity index (χ4n) is 4.74. The van der Waals surface area contributed by atoms with Gasteiger partial charge in [0.05, 0.1) is 18.1 Å². The minimum atomic E-state index is -1.25. The number of carbonyl (C=O) groups excluding carboxylic acids is 2. The van der Waals surface area contributed by atoms with Gasteiger partial charge >= 0.3 is 5.97 Å². The number of para-hydroxylation sites is 1. The van der Waals surface area contributed by atoms with Gasteiger partial charge in [-0.15, -0.1) is 0 Å². The van der Waals surface area contributed by atoms with Crippen LogP contribution in [0.25, 0.3) is 32.9 Å². The van der Waals surface area contributed by atoms with Crippen molar-refractivity contribution in [1.82, 2.24) is 14.9 Å². The smallest absolute Gasteiger partial charge is 0.328 e. The number of esters is 1. The number of carbonyl (C=O) groups is 2. The van der Waals surface area contributed by atoms with E-state index in [0.717, 1.165) is 36.2 Å². The second kappa shape index (κ2) is 10.4. The third-order valence-electron chi connectivity index (χ3n) is 6.69. The number of pyridine rings is 2. The first-order valence-electron chi connectivity index (χ1n) is 12.1. The van der Waals surface area contributed by atoms with E-state index < -0.39 is 35.1 Å². The molecule has 0 saturated heterocycles. The van der Waals surface area contributed by atoms with E-state index in [-0.39, 0.29) is 12.0 Å². The molecular weight excluding hydrogens is 504 g/mol. The van der Waals surface area contributed by atoms with Gasteiger partial charge in [-0.05, 0) is 41.3 Å². The van der Waals surface area contributed by atoms with E-state index >= 15 is 0 Å². The second-order valence-electron chi connectivity index (χ2n) is 9.00. The minimum Gasteiger partial charge on any atom is -0.467 e. The van der Waals surface area contributed by atoms with Crippen molar-refractivity contribution >= 4 is 33.7 Å². The predicted octanol–water partition coefficient (Wildman–Crippen LogP) is 4.55. The summed E-state index contributed by atoms with van der Waals surface area (Å²) in [6.07, 6.45) is 1.55. The Labute approximate surface area is 221 Å². The highest BCUT2D eigenvalue weighted by Crippen LogP contribution is 2.30. The van der Waals surface area contributed by atoms with Crippen molar-refractivity contribution in [2.24, 2.45) is 7.05 Å². The molecule has 7 nitrogen and oxygen atoms in total. The number of hydrogen-bond acceptors (Lipinski definition) is 5. The number of nitrogens with one attached hydrogen (secondary N) is 1. The Morgan fingerprint density at radius 2 is 1.72 bits per heavy atom. The zero-order valence-corrected chi connectivity index (χ0v) is 21.1. The summed E-state index contributed by atoms with van der Waals surface area (Å²) in [5.41, 5.74) is 2.01. The summed E-state index contributed by atoms with van der Waals surface area (Å²) in [7, 11) is 2.86. The van der Waals surface area contributed by atoms with Gasteiger partial charge < -0.3 is 14.6 Å². The van der Waals surface area contributed by atoms with Crippen molar-refractivity contribution in [3.05, 3.63) is 112 Å². The average molecular weight is 528 g/mol. The van der Waals surface area contributed by atoms with E-state index in [0.29, 0.717) is 27.6 Å². The van der Waals surface area contributed by atoms with Crippen LogP contribution in [0.5, 0.6) is 0 Å². The lowest BCUT2D eigenvalue weighted by Crippen LogP contribution is -2.43. The SMILES string of the molecule is COC(=O)[C@H](Cc1ccc(-c2cc3ccccc3n(C)c2=O)c2ncccc12)NC(=O)c1c(F)cccc1F. The molecular formula is C30H23F2N3O4. The maximum Gasteiger partial charge on any atom is 0.328 e. The summed E-state index contributed by atoms with van der Waals surface area (Å²) in [6.45, 7) is 0. The van der Waals surface area contributed by atoms with Gasteiger partial charge in [-0.25, -0.2) is 13.6 Å². The molecule has 0 unspecified atom stereocenters. The van der Waals surface area contributed by atoms with Crippen LogP contribution in [0.2, 0.25) is 0 Å². The second-order valence-corrected chi connectivity index (χ2v) is 9.00. The quantitative estimate of drug-likeness (QED) is 0.328. The highest BCUT2D eigenvalue weighted by Gasteiger charge is 2.27. The Morgan fingerprint density at radius 1 is 0.974 bits per heavy atom. The number of hydrogen-bond donors (Lipinski definition) is 1. The largest absolute Gasteiger partial charge is 0.467 e. The molecule has 5 rings (SSSR count). The number of benzene rings is 3. The normalized spacial score (nSPS) is 11.9. The van der Waals surface area contributed by atoms with E-state index in [1.54, 1.807) is 42.1 Å². The maximum atomic E-state index is 14.2. The van der Waals surface area contributed by atoms with E-state index in [1.807, 2.05) is 30.3 Å². The molecule has 0 spiro atoms. The standard InChI is InChI=1S/C30H23F2N3O4/c1-35-25-11-4-3-7-18(25)15-21(29(35)37)20-13-12-17(19-8-6-14-33-27(19)20)16-24(30(38)39-2)34-28(36)26-22(31)9-5-10-23(26)32/h3-15,24H,16H2,1-2H3,(H,34,36)/t24-/m0/s1. The molecule has 1 amide bonds. The van der Waals surface area contributed by atoms with Crippen molar-refractivity contribution in [2.45, 2.75) is 12.5 Å². The van der Waals surface area contributed by atoms with Gasteiger partial charge in [0.1, 0.15) is 23.2 Å². The molecule has 0 radical (unpaired) electrons. The average Bonchev–Trinajstić information content (AvgIpc) is 2.94. The Balaban J connectivity index is 1.57. The number of fused-ring (bicyclic) bond motifs is 2. The Hall–Kier alpha value is -4.92. The van der Waals surface area contributed by atoms with Crippen LogP contribution in [0, 0.1) is 11.6 Å². The molecule has 196 valence electrons. The van der Waals surface area contributed by atoms with Gasteiger partial charge in [-0.2, -0.15) is 0 Å². The molecule has 5 aromatic rings. The molecule has 0 aliphatic rings. The first-order chi connectivity index (χ1) is 18.8. The van der Waals surface area contributed by atoms with Crippen molar-refractivity contribution < 1.29 is 23.1 Å². The lowest BCUT2D eigenvalue weighted by atomic mass is 9.95. The van der Waals surface area contributed by atoms with Crippen LogP contribution in [-0.4, -0.2) is 34.6 Å². The summed E-state index contributed by atoms with van der Waals surface area (Å²) in [6, 6.07) is 18.2. The number of aryl methyl sites for hydroxylation is 1. The molecule has 0 fully saturated rings. The third kappa shape index (κ3) is 4.74. The zero-order valence-electron chi connectivity index (χ0n) is 21.1. The van der Waals surface area contributed by atoms with Gasteiger partial charge in [0, 0.05) is 36.2 Å². The van der Waals surface area contributed by atoms with Crippen LogP contribution in [0.4, 0.5) is 8.78 Å². The first-order valence-corrected chi connectivity index (χ1v) is 12.1. The Morgan fingerprint density at radius 3 is 2.46 bits per heavy atom. The third-order valence-corrected chi connectivity index (χ3v) is 6.69. The van der Waals surface area contributed by atoms with E-state index in [1.165, 1.54) is 0 Å². The predicted molar refractivity (Wildman–Crippen MR) is 143 cm³/mol. The molecule has 0 saturated carbocycles. The molecule has 2 heterocycles. The van der Waals surface area contributed by atoms with E-state index in [9.17, 15) is 23.2 Å². The molecule has 0 aliphatic carbocycles. The van der Waals surface area contributed by atoms with Crippen molar-refractivity contribution in [2.75, 3.05) is 7.11 Å². The molecule has 0 bridgehead atoms. The lowest BCUT2D eigenvalue weighted by molar-refractivity contribution is -0.142. The summed E-state index contributed by atoms with van der Waals surface area (Å²) in [5, 5.41) is 3.92. The first kappa shape index (κ1) is 25.7. The molecule has 1 N–H and O–H groups in total. The molecule has 39 heavy (non-hydrogen) atoms. The number of amides is 1. The van der Waals surface area contributed by atoms with Gasteiger partial charge in [-0.1, -0.05) is 42.5 Å². The van der Waals surface area contributed by atoms with Crippen LogP contribution in [0.1, 0.15) is 15.9 Å². The number of rotatable bonds is 6. The van der Waals surface area contributed by atoms with Gasteiger partial charge in [0.2, 0.25) is 0 Å². The summed E-state index contributed by atoms with van der Waals surface area (Å²) < 4.78 is 34.8. The Bertz CT molecular complexity index is 1800. The summed E-state index contributed by atoms with van der Waals surface area (Å²) >= 11 is 0. The molecule has 1 atom stereocenters. The Kier molecular flexibility index (Phi) is 6.89. The number of halogens is 2. The topological polar surface area (TPSA) is 90.3 Å². The zero-order chi connectivity index (χ0) is 27.7. The number of ether oxygens (including phenoxy) is 1. The summed E-state index contributed by atoms with van der Waals surface area (Å²) in [5.74, 6) is -3.97. The number of methoxy groups -OCH3 is 1. The highest BCUT2D eigenvalue weighted by atomic mass is 19.1. The van der Waals surface area contributed by atoms with Crippen molar-refractivity contribution in [3.8, 4) is 11.1 Å². The fraction of sp³-hybridized carbons (Fsp3) is 0.133. The highest BCUT2D eigenvalue weighted by molar-refractivity contribution is 5.99. The van der Waals surface area contributed by atoms with Crippen LogP contribution in [-0.2, 0) is 23.0 Å². The van der Waals surface area contributed by atoms with Crippen LogP contribution in [0.3, 0.4) is 0 Å². The maximum absolute atomic E-state index is 14.2. The number of aromatic nitrogens is 2. The van der Waals surface area contributed by atoms with Crippen molar-refractivity contribution in [1.29, 1.82) is 0 Å². The van der Waals surface area contributed by atoms with Gasteiger partial charge in [-0.3, -0.25) is 14.6 Å². The number of nitrogens with zero attached hydrogens (tertiary/aromatic N) is 2. The summed E-state index contributed by atoms with van der Waals surface area (Å²) in [4.78, 5) is 43.2. The minimum absolute atomic E-state index is 0.0489. The van der Waals surface area contributed by atoms with Crippen LogP contribution in [0.15, 0.2) is 83.8 Å². The van der Waals surface area contributed by atoms with Gasteiger partial charge in [0.25, 0.3) is 11.5 Å². The molecule has 3 aromatic carbocycles. The molecule has 9 heteroatoms. The van der Waals surface area contributed by atoms with Crippen LogP contribution >= 0.6 is 0 Å².